The Labute approximate surface area is 192 Å². The average molecular weight is 447 g/mol. The number of hydrogen-bond donors (Lipinski definition) is 1. The first-order chi connectivity index (χ1) is 15.5. The second kappa shape index (κ2) is 9.71. The molecule has 1 N–H and O–H groups in total. The molecule has 0 saturated carbocycles. The molecule has 5 nitrogen and oxygen atoms in total. The summed E-state index contributed by atoms with van der Waals surface area (Å²) in [5.74, 6) is 0.334. The molecule has 0 spiro atoms. The number of ether oxygens (including phenoxy) is 2. The Morgan fingerprint density at radius 3 is 2.50 bits per heavy atom. The number of aryl methyl sites for hydroxylation is 1. The van der Waals surface area contributed by atoms with Crippen molar-refractivity contribution in [2.24, 2.45) is 0 Å². The molecule has 6 heteroatoms. The summed E-state index contributed by atoms with van der Waals surface area (Å²) in [6, 6.07) is 21.1. The molecule has 0 saturated heterocycles. The van der Waals surface area contributed by atoms with Crippen LogP contribution in [0.4, 0.5) is 11.4 Å². The molecule has 0 unspecified atom stereocenters. The van der Waals surface area contributed by atoms with Crippen LogP contribution in [0.2, 0.25) is 5.02 Å². The third-order valence-electron chi connectivity index (χ3n) is 4.96. The van der Waals surface area contributed by atoms with Crippen LogP contribution >= 0.6 is 11.6 Å². The SMILES string of the molecule is CCOC(=O)c1cnc2ccc(C)cc2c1Nc1ccc(OCc2ccc(Cl)cc2)cc1. The van der Waals surface area contributed by atoms with Crippen molar-refractivity contribution in [2.45, 2.75) is 20.5 Å². The highest BCUT2D eigenvalue weighted by atomic mass is 35.5. The fraction of sp³-hybridized carbons (Fsp3) is 0.154. The summed E-state index contributed by atoms with van der Waals surface area (Å²) in [5, 5.41) is 4.94. The minimum absolute atomic E-state index is 0.295. The molecule has 0 atom stereocenters. The number of carbonyl (C=O) groups is 1. The van der Waals surface area contributed by atoms with Crippen LogP contribution < -0.4 is 10.1 Å². The van der Waals surface area contributed by atoms with Gasteiger partial charge in [-0.15, -0.1) is 0 Å². The van der Waals surface area contributed by atoms with Gasteiger partial charge in [0.05, 0.1) is 17.8 Å². The fourth-order valence-electron chi connectivity index (χ4n) is 3.33. The van der Waals surface area contributed by atoms with Crippen LogP contribution in [-0.4, -0.2) is 17.6 Å². The Morgan fingerprint density at radius 2 is 1.78 bits per heavy atom. The lowest BCUT2D eigenvalue weighted by Crippen LogP contribution is -2.09. The maximum Gasteiger partial charge on any atom is 0.341 e. The Morgan fingerprint density at radius 1 is 1.03 bits per heavy atom. The number of halogens is 1. The molecule has 4 rings (SSSR count). The third kappa shape index (κ3) is 5.01. The zero-order valence-electron chi connectivity index (χ0n) is 17.9. The van der Waals surface area contributed by atoms with Crippen LogP contribution in [0.25, 0.3) is 10.9 Å². The van der Waals surface area contributed by atoms with Gasteiger partial charge in [0, 0.05) is 22.3 Å². The van der Waals surface area contributed by atoms with Crippen molar-refractivity contribution in [3.05, 3.63) is 94.6 Å². The number of anilines is 2. The van der Waals surface area contributed by atoms with Crippen molar-refractivity contribution in [3.63, 3.8) is 0 Å². The largest absolute Gasteiger partial charge is 0.489 e. The summed E-state index contributed by atoms with van der Waals surface area (Å²) in [4.78, 5) is 17.0. The number of nitrogens with zero attached hydrogens (tertiary/aromatic N) is 1. The highest BCUT2D eigenvalue weighted by Crippen LogP contribution is 2.31. The van der Waals surface area contributed by atoms with E-state index in [4.69, 9.17) is 21.1 Å². The van der Waals surface area contributed by atoms with Crippen LogP contribution in [0.15, 0.2) is 72.9 Å². The molecule has 0 fully saturated rings. The molecular weight excluding hydrogens is 424 g/mol. The average Bonchev–Trinajstić information content (AvgIpc) is 2.80. The van der Waals surface area contributed by atoms with Crippen LogP contribution in [0.1, 0.15) is 28.4 Å². The normalized spacial score (nSPS) is 10.7. The van der Waals surface area contributed by atoms with Gasteiger partial charge in [0.25, 0.3) is 0 Å². The van der Waals surface area contributed by atoms with Crippen LogP contribution in [0.5, 0.6) is 5.75 Å². The number of esters is 1. The lowest BCUT2D eigenvalue weighted by atomic mass is 10.1. The van der Waals surface area contributed by atoms with Gasteiger partial charge in [0.2, 0.25) is 0 Å². The van der Waals surface area contributed by atoms with Crippen LogP contribution in [0.3, 0.4) is 0 Å². The highest BCUT2D eigenvalue weighted by Gasteiger charge is 2.17. The van der Waals surface area contributed by atoms with Gasteiger partial charge < -0.3 is 14.8 Å². The number of nitrogens with one attached hydrogen (secondary N) is 1. The van der Waals surface area contributed by atoms with Crippen molar-refractivity contribution >= 4 is 39.8 Å². The fourth-order valence-corrected chi connectivity index (χ4v) is 3.46. The van der Waals surface area contributed by atoms with Gasteiger partial charge in [-0.05, 0) is 67.9 Å². The topological polar surface area (TPSA) is 60.5 Å². The molecule has 1 aromatic heterocycles. The van der Waals surface area contributed by atoms with E-state index in [2.05, 4.69) is 10.3 Å². The molecule has 0 aliphatic heterocycles. The van der Waals surface area contributed by atoms with Crippen molar-refractivity contribution in [3.8, 4) is 5.75 Å². The minimum atomic E-state index is -0.408. The van der Waals surface area contributed by atoms with Gasteiger partial charge in [-0.25, -0.2) is 4.79 Å². The third-order valence-corrected chi connectivity index (χ3v) is 5.21. The summed E-state index contributed by atoms with van der Waals surface area (Å²) < 4.78 is 11.1. The summed E-state index contributed by atoms with van der Waals surface area (Å²) >= 11 is 5.93. The number of pyridine rings is 1. The second-order valence-corrected chi connectivity index (χ2v) is 7.79. The summed E-state index contributed by atoms with van der Waals surface area (Å²) in [6.07, 6.45) is 1.56. The first-order valence-corrected chi connectivity index (χ1v) is 10.7. The summed E-state index contributed by atoms with van der Waals surface area (Å²) in [7, 11) is 0. The molecule has 162 valence electrons. The number of fused-ring (bicyclic) bond motifs is 1. The van der Waals surface area contributed by atoms with Gasteiger partial charge in [-0.2, -0.15) is 0 Å². The summed E-state index contributed by atoms with van der Waals surface area (Å²) in [5.41, 5.74) is 4.81. The molecule has 1 heterocycles. The number of aromatic nitrogens is 1. The first kappa shape index (κ1) is 21.7. The Kier molecular flexibility index (Phi) is 6.57. The molecule has 3 aromatic carbocycles. The summed E-state index contributed by atoms with van der Waals surface area (Å²) in [6.45, 7) is 4.54. The quantitative estimate of drug-likeness (QED) is 0.320. The van der Waals surface area contributed by atoms with E-state index in [9.17, 15) is 4.79 Å². The van der Waals surface area contributed by atoms with Gasteiger partial charge >= 0.3 is 5.97 Å². The van der Waals surface area contributed by atoms with Gasteiger partial charge in [0.15, 0.2) is 0 Å². The minimum Gasteiger partial charge on any atom is -0.489 e. The maximum atomic E-state index is 12.5. The van der Waals surface area contributed by atoms with Gasteiger partial charge in [0.1, 0.15) is 17.9 Å². The van der Waals surface area contributed by atoms with Crippen LogP contribution in [0, 0.1) is 6.92 Å². The zero-order valence-corrected chi connectivity index (χ0v) is 18.6. The lowest BCUT2D eigenvalue weighted by molar-refractivity contribution is 0.0527. The van der Waals surface area contributed by atoms with Crippen molar-refractivity contribution in [1.82, 2.24) is 4.98 Å². The van der Waals surface area contributed by atoms with Gasteiger partial charge in [-0.3, -0.25) is 4.98 Å². The van der Waals surface area contributed by atoms with E-state index in [1.807, 2.05) is 73.7 Å². The van der Waals surface area contributed by atoms with E-state index in [-0.39, 0.29) is 0 Å². The molecule has 4 aromatic rings. The molecule has 0 amide bonds. The Bertz CT molecular complexity index is 1240. The van der Waals surface area contributed by atoms with Crippen molar-refractivity contribution < 1.29 is 14.3 Å². The molecule has 0 aliphatic rings. The number of carbonyl (C=O) groups excluding carboxylic acids is 1. The molecule has 0 aliphatic carbocycles. The standard InChI is InChI=1S/C26H23ClN2O3/c1-3-31-26(30)23-15-28-24-13-4-17(2)14-22(24)25(23)29-20-9-11-21(12-10-20)32-16-18-5-7-19(27)8-6-18/h4-15H,3,16H2,1-2H3,(H,28,29). The zero-order chi connectivity index (χ0) is 22.5. The predicted octanol–water partition coefficient (Wildman–Crippen LogP) is 6.70. The van der Waals surface area contributed by atoms with Crippen LogP contribution in [-0.2, 0) is 11.3 Å². The predicted molar refractivity (Wildman–Crippen MR) is 128 cm³/mol. The smallest absolute Gasteiger partial charge is 0.341 e. The molecule has 32 heavy (non-hydrogen) atoms. The van der Waals surface area contributed by atoms with E-state index < -0.39 is 5.97 Å². The number of benzene rings is 3. The lowest BCUT2D eigenvalue weighted by Gasteiger charge is -2.15. The second-order valence-electron chi connectivity index (χ2n) is 7.35. The maximum absolute atomic E-state index is 12.5. The van der Waals surface area contributed by atoms with E-state index in [1.54, 1.807) is 13.1 Å². The number of rotatable bonds is 7. The molecule has 0 bridgehead atoms. The Balaban J connectivity index is 1.58. The highest BCUT2D eigenvalue weighted by molar-refractivity contribution is 6.30. The van der Waals surface area contributed by atoms with Crippen molar-refractivity contribution in [1.29, 1.82) is 0 Å². The van der Waals surface area contributed by atoms with E-state index >= 15 is 0 Å². The van der Waals surface area contributed by atoms with E-state index in [0.717, 1.165) is 33.5 Å². The molecular formula is C26H23ClN2O3. The number of hydrogen-bond acceptors (Lipinski definition) is 5. The van der Waals surface area contributed by atoms with Crippen molar-refractivity contribution in [2.75, 3.05) is 11.9 Å². The Hall–Kier alpha value is -3.57. The monoisotopic (exact) mass is 446 g/mol. The van der Waals surface area contributed by atoms with E-state index in [0.29, 0.717) is 29.5 Å². The first-order valence-electron chi connectivity index (χ1n) is 10.3. The molecule has 0 radical (unpaired) electrons. The van der Waals surface area contributed by atoms with Gasteiger partial charge in [-0.1, -0.05) is 35.4 Å². The van der Waals surface area contributed by atoms with E-state index in [1.165, 1.54) is 0 Å².